The van der Waals surface area contributed by atoms with E-state index in [9.17, 15) is 0 Å². The van der Waals surface area contributed by atoms with E-state index >= 15 is 0 Å². The normalized spacial score (nSPS) is 22.6. The van der Waals surface area contributed by atoms with Crippen LogP contribution < -0.4 is 0 Å². The van der Waals surface area contributed by atoms with Gasteiger partial charge in [0.25, 0.3) is 0 Å². The van der Waals surface area contributed by atoms with Crippen molar-refractivity contribution < 1.29 is 26.2 Å². The first-order chi connectivity index (χ1) is 23.7. The molecule has 4 aromatic rings. The second-order valence-corrected chi connectivity index (χ2v) is 13.8. The SMILES string of the molecule is [CH2-]c1ccccc1.[CH2-]c1ccccc1.[Zr].c1ccc2c(c1)C1c3ccccc3C2[C@@H]([N-]CCN2CCCCC2)[C@@H]1[N-]CCN1CCCCC1. The Hall–Kier alpha value is -2.66. The number of benzene rings is 4. The number of piperidine rings is 2. The molecular formula is C44H54N4Zr-4. The summed E-state index contributed by atoms with van der Waals surface area (Å²) < 4.78 is 0. The minimum Gasteiger partial charge on any atom is -0.659 e. The smallest absolute Gasteiger partial charge is 0 e. The van der Waals surface area contributed by atoms with Crippen LogP contribution in [-0.2, 0) is 26.2 Å². The molecule has 2 bridgehead atoms. The van der Waals surface area contributed by atoms with E-state index < -0.39 is 0 Å². The maximum absolute atomic E-state index is 5.46. The van der Waals surface area contributed by atoms with Crippen molar-refractivity contribution in [2.45, 2.75) is 62.4 Å². The van der Waals surface area contributed by atoms with Crippen LogP contribution in [0.5, 0.6) is 0 Å². The zero-order valence-electron chi connectivity index (χ0n) is 29.3. The van der Waals surface area contributed by atoms with Crippen molar-refractivity contribution in [3.8, 4) is 0 Å². The van der Waals surface area contributed by atoms with Crippen molar-refractivity contribution in [3.63, 3.8) is 0 Å². The van der Waals surface area contributed by atoms with Crippen molar-refractivity contribution in [2.24, 2.45) is 0 Å². The van der Waals surface area contributed by atoms with Gasteiger partial charge in [-0.1, -0.05) is 73.5 Å². The molecule has 2 heterocycles. The number of hydrogen-bond donors (Lipinski definition) is 0. The summed E-state index contributed by atoms with van der Waals surface area (Å²) in [4.78, 5) is 5.25. The molecule has 2 aliphatic heterocycles. The molecule has 4 nitrogen and oxygen atoms in total. The van der Waals surface area contributed by atoms with E-state index in [1.807, 2.05) is 60.7 Å². The molecule has 5 heteroatoms. The number of rotatable bonds is 8. The minimum absolute atomic E-state index is 0. The zero-order valence-corrected chi connectivity index (χ0v) is 31.8. The van der Waals surface area contributed by atoms with Crippen LogP contribution in [0, 0.1) is 13.8 Å². The summed E-state index contributed by atoms with van der Waals surface area (Å²) in [7, 11) is 0. The van der Waals surface area contributed by atoms with Crippen LogP contribution in [0.15, 0.2) is 109 Å². The number of fused-ring (bicyclic) bond motifs is 1. The van der Waals surface area contributed by atoms with E-state index in [-0.39, 0.29) is 38.3 Å². The minimum atomic E-state index is 0. The summed E-state index contributed by atoms with van der Waals surface area (Å²) in [5.41, 5.74) is 8.15. The first-order valence-corrected chi connectivity index (χ1v) is 18.4. The molecule has 0 N–H and O–H groups in total. The fraction of sp³-hybridized carbons (Fsp3) is 0.409. The van der Waals surface area contributed by atoms with Gasteiger partial charge in [-0.2, -0.15) is 49.2 Å². The Kier molecular flexibility index (Phi) is 15.1. The number of likely N-dealkylation sites (tertiary alicyclic amines) is 2. The van der Waals surface area contributed by atoms with Gasteiger partial charge in [0.1, 0.15) is 0 Å². The van der Waals surface area contributed by atoms with Gasteiger partial charge in [-0.15, -0.1) is 49.4 Å². The molecule has 2 saturated heterocycles. The summed E-state index contributed by atoms with van der Waals surface area (Å²) >= 11 is 0. The van der Waals surface area contributed by atoms with E-state index in [1.165, 1.54) is 87.0 Å². The summed E-state index contributed by atoms with van der Waals surface area (Å²) in [5, 5.41) is 10.9. The molecule has 5 aliphatic rings. The van der Waals surface area contributed by atoms with Gasteiger partial charge in [-0.25, -0.2) is 0 Å². The van der Waals surface area contributed by atoms with Gasteiger partial charge in [0.15, 0.2) is 0 Å². The van der Waals surface area contributed by atoms with Crippen LogP contribution in [0.1, 0.15) is 83.7 Å². The topological polar surface area (TPSA) is 34.7 Å². The Morgan fingerprint density at radius 1 is 0.449 bits per heavy atom. The molecule has 0 aromatic heterocycles. The molecule has 0 amide bonds. The summed E-state index contributed by atoms with van der Waals surface area (Å²) in [5.74, 6) is 0.699. The second-order valence-electron chi connectivity index (χ2n) is 13.8. The first-order valence-electron chi connectivity index (χ1n) is 18.4. The Morgan fingerprint density at radius 2 is 0.755 bits per heavy atom. The van der Waals surface area contributed by atoms with Crippen LogP contribution in [0.2, 0.25) is 0 Å². The number of hydrogen-bond acceptors (Lipinski definition) is 2. The van der Waals surface area contributed by atoms with Crippen molar-refractivity contribution in [3.05, 3.63) is 167 Å². The Bertz CT molecular complexity index is 1340. The average molecular weight is 730 g/mol. The molecule has 9 rings (SSSR count). The van der Waals surface area contributed by atoms with E-state index in [2.05, 4.69) is 72.2 Å². The molecule has 0 spiro atoms. The van der Waals surface area contributed by atoms with Crippen LogP contribution >= 0.6 is 0 Å². The fourth-order valence-corrected chi connectivity index (χ4v) is 8.07. The van der Waals surface area contributed by atoms with Gasteiger partial charge < -0.3 is 20.4 Å². The summed E-state index contributed by atoms with van der Waals surface area (Å²) in [6.07, 6.45) is 8.19. The van der Waals surface area contributed by atoms with Crippen LogP contribution in [-0.4, -0.2) is 74.2 Å². The molecule has 258 valence electrons. The van der Waals surface area contributed by atoms with Gasteiger partial charge >= 0.3 is 0 Å². The monoisotopic (exact) mass is 728 g/mol. The third-order valence-electron chi connectivity index (χ3n) is 10.5. The maximum Gasteiger partial charge on any atom is 0 e. The Morgan fingerprint density at radius 3 is 1.04 bits per heavy atom. The Balaban J connectivity index is 0.000000259. The van der Waals surface area contributed by atoms with Crippen LogP contribution in [0.3, 0.4) is 0 Å². The predicted octanol–water partition coefficient (Wildman–Crippen LogP) is 9.47. The molecular weight excluding hydrogens is 676 g/mol. The van der Waals surface area contributed by atoms with Gasteiger partial charge in [-0.3, -0.25) is 0 Å². The first kappa shape index (κ1) is 37.6. The zero-order chi connectivity index (χ0) is 33.0. The molecule has 49 heavy (non-hydrogen) atoms. The number of nitrogens with zero attached hydrogens (tertiary/aromatic N) is 4. The quantitative estimate of drug-likeness (QED) is 0.170. The standard InChI is InChI=1S/C30H40N4.2C7H7.Zr/c1-7-17-33(18-8-1)21-15-31-29-27-23-11-3-5-13-25(23)28(26-14-6-4-12-24(26)27)30(29)32-16-22-34-19-9-2-10-20-34;2*1-7-5-3-2-4-6-7;/h3-6,11-14,27-30H,1-2,7-10,15-22H2;2*2-6H,1H2;/q-2;2*-1;/t27?,28?,29-,30-;;;/m1.../s1. The third-order valence-corrected chi connectivity index (χ3v) is 10.5. The van der Waals surface area contributed by atoms with Crippen molar-refractivity contribution in [1.29, 1.82) is 0 Å². The molecule has 0 unspecified atom stereocenters. The van der Waals surface area contributed by atoms with Gasteiger partial charge in [0.2, 0.25) is 0 Å². The summed E-state index contributed by atoms with van der Waals surface area (Å²) in [6.45, 7) is 16.5. The molecule has 0 saturated carbocycles. The van der Waals surface area contributed by atoms with Gasteiger partial charge in [-0.05, 0) is 99.0 Å². The average Bonchev–Trinajstić information content (AvgIpc) is 3.14. The molecule has 3 aliphatic carbocycles. The van der Waals surface area contributed by atoms with Crippen LogP contribution in [0.25, 0.3) is 10.6 Å². The molecule has 0 radical (unpaired) electrons. The van der Waals surface area contributed by atoms with Crippen LogP contribution in [0.4, 0.5) is 0 Å². The molecule has 4 aromatic carbocycles. The van der Waals surface area contributed by atoms with Gasteiger partial charge in [0, 0.05) is 26.2 Å². The summed E-state index contributed by atoms with van der Waals surface area (Å²) in [6, 6.07) is 38.6. The predicted molar refractivity (Wildman–Crippen MR) is 203 cm³/mol. The van der Waals surface area contributed by atoms with Gasteiger partial charge in [0.05, 0.1) is 0 Å². The van der Waals surface area contributed by atoms with Crippen molar-refractivity contribution >= 4 is 0 Å². The molecule has 2 fully saturated rings. The van der Waals surface area contributed by atoms with Crippen molar-refractivity contribution in [1.82, 2.24) is 9.80 Å². The Labute approximate surface area is 316 Å². The molecule has 2 atom stereocenters. The van der Waals surface area contributed by atoms with Crippen molar-refractivity contribution in [2.75, 3.05) is 52.4 Å². The van der Waals surface area contributed by atoms with E-state index in [1.54, 1.807) is 0 Å². The van der Waals surface area contributed by atoms with E-state index in [0.717, 1.165) is 37.3 Å². The maximum atomic E-state index is 5.46. The second kappa shape index (κ2) is 19.7. The van der Waals surface area contributed by atoms with E-state index in [4.69, 9.17) is 10.6 Å². The largest absolute Gasteiger partial charge is 0.659 e. The van der Waals surface area contributed by atoms with E-state index in [0.29, 0.717) is 11.8 Å². The fourth-order valence-electron chi connectivity index (χ4n) is 8.07. The third kappa shape index (κ3) is 10.2.